The Morgan fingerprint density at radius 2 is 1.81 bits per heavy atom. The van der Waals surface area contributed by atoms with Gasteiger partial charge in [0.25, 0.3) is 0 Å². The SMILES string of the molecule is Nc1nc(NCc2ccc(F)cc2F)cc(C(F)(F)F)n1. The third kappa shape index (κ3) is 3.77. The van der Waals surface area contributed by atoms with E-state index in [4.69, 9.17) is 5.73 Å². The topological polar surface area (TPSA) is 63.8 Å². The predicted octanol–water partition coefficient (Wildman–Crippen LogP) is 2.97. The molecule has 2 aromatic rings. The predicted molar refractivity (Wildman–Crippen MR) is 65.1 cm³/mol. The van der Waals surface area contributed by atoms with Crippen LogP contribution in [-0.4, -0.2) is 9.97 Å². The van der Waals surface area contributed by atoms with Gasteiger partial charge in [0.2, 0.25) is 5.95 Å². The molecule has 0 spiro atoms. The molecule has 0 saturated heterocycles. The molecule has 0 atom stereocenters. The summed E-state index contributed by atoms with van der Waals surface area (Å²) in [5.41, 5.74) is 4.05. The van der Waals surface area contributed by atoms with Crippen LogP contribution in [0.4, 0.5) is 33.7 Å². The Bertz CT molecular complexity index is 657. The minimum absolute atomic E-state index is 0.0714. The smallest absolute Gasteiger partial charge is 0.368 e. The van der Waals surface area contributed by atoms with Crippen molar-refractivity contribution in [2.75, 3.05) is 11.1 Å². The molecule has 0 fully saturated rings. The highest BCUT2D eigenvalue weighted by atomic mass is 19.4. The molecule has 0 aliphatic heterocycles. The molecule has 1 aromatic carbocycles. The number of benzene rings is 1. The van der Waals surface area contributed by atoms with Crippen molar-refractivity contribution in [3.8, 4) is 0 Å². The first-order valence-electron chi connectivity index (χ1n) is 5.65. The maximum absolute atomic E-state index is 13.4. The first-order chi connectivity index (χ1) is 9.75. The maximum atomic E-state index is 13.4. The van der Waals surface area contributed by atoms with Crippen LogP contribution in [0.15, 0.2) is 24.3 Å². The molecule has 0 amide bonds. The molecule has 0 saturated carbocycles. The fraction of sp³-hybridized carbons (Fsp3) is 0.167. The second-order valence-corrected chi connectivity index (χ2v) is 4.08. The van der Waals surface area contributed by atoms with Crippen LogP contribution >= 0.6 is 0 Å². The van der Waals surface area contributed by atoms with E-state index < -0.39 is 29.5 Å². The lowest BCUT2D eigenvalue weighted by atomic mass is 10.2. The first kappa shape index (κ1) is 14.9. The lowest BCUT2D eigenvalue weighted by Gasteiger charge is -2.10. The summed E-state index contributed by atoms with van der Waals surface area (Å²) in [6, 6.07) is 3.53. The second kappa shape index (κ2) is 5.51. The standard InChI is InChI=1S/C12H9F5N4/c13-7-2-1-6(8(14)3-7)5-19-10-4-9(12(15,16)17)20-11(18)21-10/h1-4H,5H2,(H3,18,19,20,21). The van der Waals surface area contributed by atoms with Crippen LogP contribution in [0.3, 0.4) is 0 Å². The number of nitrogens with zero attached hydrogens (tertiary/aromatic N) is 2. The van der Waals surface area contributed by atoms with Gasteiger partial charge in [-0.1, -0.05) is 6.07 Å². The molecule has 3 N–H and O–H groups in total. The lowest BCUT2D eigenvalue weighted by molar-refractivity contribution is -0.141. The Morgan fingerprint density at radius 3 is 2.43 bits per heavy atom. The number of hydrogen-bond donors (Lipinski definition) is 2. The largest absolute Gasteiger partial charge is 0.433 e. The average molecular weight is 304 g/mol. The zero-order valence-electron chi connectivity index (χ0n) is 10.4. The Balaban J connectivity index is 2.18. The van der Waals surface area contributed by atoms with Gasteiger partial charge in [0.1, 0.15) is 17.5 Å². The van der Waals surface area contributed by atoms with Gasteiger partial charge in [0, 0.05) is 24.2 Å². The number of alkyl halides is 3. The minimum atomic E-state index is -4.67. The third-order valence-corrected chi connectivity index (χ3v) is 2.51. The van der Waals surface area contributed by atoms with Crippen LogP contribution in [-0.2, 0) is 12.7 Å². The number of hydrogen-bond acceptors (Lipinski definition) is 4. The third-order valence-electron chi connectivity index (χ3n) is 2.51. The quantitative estimate of drug-likeness (QED) is 0.856. The van der Waals surface area contributed by atoms with Gasteiger partial charge in [-0.3, -0.25) is 0 Å². The summed E-state index contributed by atoms with van der Waals surface area (Å²) in [4.78, 5) is 6.64. The summed E-state index contributed by atoms with van der Waals surface area (Å²) >= 11 is 0. The zero-order valence-corrected chi connectivity index (χ0v) is 10.4. The van der Waals surface area contributed by atoms with Gasteiger partial charge in [-0.05, 0) is 6.07 Å². The van der Waals surface area contributed by atoms with Crippen molar-refractivity contribution in [2.24, 2.45) is 0 Å². The molecule has 1 heterocycles. The van der Waals surface area contributed by atoms with E-state index >= 15 is 0 Å². The second-order valence-electron chi connectivity index (χ2n) is 4.08. The fourth-order valence-electron chi connectivity index (χ4n) is 1.55. The number of aromatic nitrogens is 2. The molecule has 9 heteroatoms. The Kier molecular flexibility index (Phi) is 3.92. The highest BCUT2D eigenvalue weighted by Gasteiger charge is 2.33. The molecular formula is C12H9F5N4. The number of nitrogens with one attached hydrogen (secondary N) is 1. The van der Waals surface area contributed by atoms with Gasteiger partial charge in [0.05, 0.1) is 0 Å². The van der Waals surface area contributed by atoms with Crippen molar-refractivity contribution in [3.63, 3.8) is 0 Å². The van der Waals surface area contributed by atoms with E-state index in [1.165, 1.54) is 6.07 Å². The van der Waals surface area contributed by atoms with Gasteiger partial charge in [-0.15, -0.1) is 0 Å². The van der Waals surface area contributed by atoms with Gasteiger partial charge in [-0.25, -0.2) is 13.8 Å². The van der Waals surface area contributed by atoms with Crippen LogP contribution in [0.2, 0.25) is 0 Å². The van der Waals surface area contributed by atoms with E-state index in [9.17, 15) is 22.0 Å². The molecular weight excluding hydrogens is 295 g/mol. The molecule has 21 heavy (non-hydrogen) atoms. The summed E-state index contributed by atoms with van der Waals surface area (Å²) in [6.45, 7) is -0.181. The number of nitrogens with two attached hydrogens (primary N) is 1. The molecule has 112 valence electrons. The molecule has 2 rings (SSSR count). The fourth-order valence-corrected chi connectivity index (χ4v) is 1.55. The van der Waals surface area contributed by atoms with Crippen LogP contribution in [0.25, 0.3) is 0 Å². The van der Waals surface area contributed by atoms with E-state index in [1.54, 1.807) is 0 Å². The summed E-state index contributed by atoms with van der Waals surface area (Å²) in [5.74, 6) is -2.34. The van der Waals surface area contributed by atoms with Crippen LogP contribution < -0.4 is 11.1 Å². The van der Waals surface area contributed by atoms with Gasteiger partial charge < -0.3 is 11.1 Å². The van der Waals surface area contributed by atoms with E-state index in [0.29, 0.717) is 12.1 Å². The van der Waals surface area contributed by atoms with E-state index in [2.05, 4.69) is 15.3 Å². The molecule has 0 radical (unpaired) electrons. The highest BCUT2D eigenvalue weighted by Crippen LogP contribution is 2.29. The number of rotatable bonds is 3. The van der Waals surface area contributed by atoms with E-state index in [0.717, 1.165) is 6.07 Å². The molecule has 0 aliphatic rings. The van der Waals surface area contributed by atoms with Crippen LogP contribution in [0.1, 0.15) is 11.3 Å². The van der Waals surface area contributed by atoms with E-state index in [1.807, 2.05) is 0 Å². The minimum Gasteiger partial charge on any atom is -0.368 e. The van der Waals surface area contributed by atoms with Gasteiger partial charge in [-0.2, -0.15) is 18.2 Å². The Labute approximate surface area is 115 Å². The molecule has 0 aliphatic carbocycles. The van der Waals surface area contributed by atoms with E-state index in [-0.39, 0.29) is 17.9 Å². The zero-order chi connectivity index (χ0) is 15.6. The Morgan fingerprint density at radius 1 is 1.10 bits per heavy atom. The summed E-state index contributed by atoms with van der Waals surface area (Å²) in [7, 11) is 0. The summed E-state index contributed by atoms with van der Waals surface area (Å²) in [6.07, 6.45) is -4.67. The van der Waals surface area contributed by atoms with Crippen LogP contribution in [0, 0.1) is 11.6 Å². The van der Waals surface area contributed by atoms with Crippen molar-refractivity contribution in [1.82, 2.24) is 9.97 Å². The lowest BCUT2D eigenvalue weighted by Crippen LogP contribution is -2.13. The summed E-state index contributed by atoms with van der Waals surface area (Å²) < 4.78 is 63.7. The van der Waals surface area contributed by atoms with Crippen molar-refractivity contribution < 1.29 is 22.0 Å². The Hall–Kier alpha value is -2.45. The first-order valence-corrected chi connectivity index (χ1v) is 5.65. The van der Waals surface area contributed by atoms with Crippen molar-refractivity contribution in [2.45, 2.75) is 12.7 Å². The number of nitrogen functional groups attached to an aromatic ring is 1. The summed E-state index contributed by atoms with van der Waals surface area (Å²) in [5, 5.41) is 2.48. The molecule has 0 unspecified atom stereocenters. The molecule has 0 bridgehead atoms. The maximum Gasteiger partial charge on any atom is 0.433 e. The number of anilines is 2. The highest BCUT2D eigenvalue weighted by molar-refractivity contribution is 5.42. The monoisotopic (exact) mass is 304 g/mol. The normalized spacial score (nSPS) is 11.5. The van der Waals surface area contributed by atoms with Crippen LogP contribution in [0.5, 0.6) is 0 Å². The van der Waals surface area contributed by atoms with Gasteiger partial charge in [0.15, 0.2) is 5.69 Å². The van der Waals surface area contributed by atoms with Crippen molar-refractivity contribution >= 4 is 11.8 Å². The molecule has 1 aromatic heterocycles. The van der Waals surface area contributed by atoms with Gasteiger partial charge >= 0.3 is 6.18 Å². The van der Waals surface area contributed by atoms with Crippen molar-refractivity contribution in [3.05, 3.63) is 47.2 Å². The molecule has 4 nitrogen and oxygen atoms in total. The number of halogens is 5. The average Bonchev–Trinajstić information content (AvgIpc) is 2.36. The van der Waals surface area contributed by atoms with Crippen molar-refractivity contribution in [1.29, 1.82) is 0 Å².